The summed E-state index contributed by atoms with van der Waals surface area (Å²) in [5.74, 6) is -0.831. The van der Waals surface area contributed by atoms with Crippen LogP contribution in [0.1, 0.15) is 31.0 Å². The van der Waals surface area contributed by atoms with Crippen molar-refractivity contribution < 1.29 is 18.6 Å². The van der Waals surface area contributed by atoms with Crippen LogP contribution in [0.2, 0.25) is 0 Å². The fraction of sp³-hybridized carbons (Fsp3) is 0.476. The Morgan fingerprint density at radius 2 is 2.15 bits per heavy atom. The molecule has 1 aromatic heterocycles. The molecule has 3 aliphatic rings. The summed E-state index contributed by atoms with van der Waals surface area (Å²) in [6.45, 7) is 3.35. The lowest BCUT2D eigenvalue weighted by Gasteiger charge is -2.41. The SMILES string of the molecule is COCC1COC2(CCC3=Cc4c(cnn4-c4ccc(F)cc4)CC32C)O1. The number of halogens is 1. The van der Waals surface area contributed by atoms with Crippen LogP contribution >= 0.6 is 0 Å². The lowest BCUT2D eigenvalue weighted by atomic mass is 9.72. The predicted octanol–water partition coefficient (Wildman–Crippen LogP) is 3.51. The third-order valence-electron chi connectivity index (χ3n) is 6.30. The molecule has 2 heterocycles. The zero-order valence-corrected chi connectivity index (χ0v) is 15.6. The predicted molar refractivity (Wildman–Crippen MR) is 98.0 cm³/mol. The molecule has 3 atom stereocenters. The summed E-state index contributed by atoms with van der Waals surface area (Å²) in [5.41, 5.74) is 4.21. The number of hydrogen-bond acceptors (Lipinski definition) is 4. The monoisotopic (exact) mass is 370 g/mol. The van der Waals surface area contributed by atoms with Gasteiger partial charge in [-0.1, -0.05) is 12.5 Å². The van der Waals surface area contributed by atoms with Crippen LogP contribution < -0.4 is 0 Å². The smallest absolute Gasteiger partial charge is 0.178 e. The van der Waals surface area contributed by atoms with E-state index in [-0.39, 0.29) is 17.3 Å². The molecule has 142 valence electrons. The second-order valence-corrected chi connectivity index (χ2v) is 7.88. The minimum absolute atomic E-state index is 0.0190. The van der Waals surface area contributed by atoms with Gasteiger partial charge in [0.15, 0.2) is 5.79 Å². The van der Waals surface area contributed by atoms with Gasteiger partial charge in [-0.25, -0.2) is 9.07 Å². The lowest BCUT2D eigenvalue weighted by Crippen LogP contribution is -2.46. The van der Waals surface area contributed by atoms with Crippen molar-refractivity contribution in [2.75, 3.05) is 20.3 Å². The van der Waals surface area contributed by atoms with Crippen LogP contribution in [0.25, 0.3) is 11.8 Å². The van der Waals surface area contributed by atoms with Gasteiger partial charge < -0.3 is 14.2 Å². The van der Waals surface area contributed by atoms with E-state index in [0.717, 1.165) is 36.2 Å². The quantitative estimate of drug-likeness (QED) is 0.830. The number of ether oxygens (including phenoxy) is 3. The van der Waals surface area contributed by atoms with Crippen molar-refractivity contribution in [3.63, 3.8) is 0 Å². The van der Waals surface area contributed by atoms with Gasteiger partial charge in [0.2, 0.25) is 0 Å². The Kier molecular flexibility index (Phi) is 3.79. The average Bonchev–Trinajstić information content (AvgIpc) is 3.32. The van der Waals surface area contributed by atoms with Crippen LogP contribution in [0.3, 0.4) is 0 Å². The molecular weight excluding hydrogens is 347 g/mol. The second-order valence-electron chi connectivity index (χ2n) is 7.88. The first-order chi connectivity index (χ1) is 13.0. The highest BCUT2D eigenvalue weighted by atomic mass is 19.1. The van der Waals surface area contributed by atoms with E-state index in [9.17, 15) is 4.39 Å². The van der Waals surface area contributed by atoms with Crippen LogP contribution in [0.15, 0.2) is 36.0 Å². The van der Waals surface area contributed by atoms with E-state index < -0.39 is 5.79 Å². The van der Waals surface area contributed by atoms with Gasteiger partial charge in [-0.05, 0) is 48.7 Å². The molecule has 1 spiro atoms. The largest absolute Gasteiger partial charge is 0.382 e. The number of hydrogen-bond donors (Lipinski definition) is 0. The Bertz CT molecular complexity index is 907. The van der Waals surface area contributed by atoms with Crippen LogP contribution in [-0.2, 0) is 20.6 Å². The number of benzene rings is 1. The highest BCUT2D eigenvalue weighted by Gasteiger charge is 2.61. The Morgan fingerprint density at radius 3 is 2.93 bits per heavy atom. The van der Waals surface area contributed by atoms with Gasteiger partial charge >= 0.3 is 0 Å². The summed E-state index contributed by atoms with van der Waals surface area (Å²) in [4.78, 5) is 0. The van der Waals surface area contributed by atoms with Gasteiger partial charge in [-0.2, -0.15) is 5.10 Å². The molecule has 6 heteroatoms. The van der Waals surface area contributed by atoms with E-state index in [1.807, 2.05) is 10.9 Å². The Balaban J connectivity index is 1.51. The third kappa shape index (κ3) is 2.43. The van der Waals surface area contributed by atoms with E-state index in [1.165, 1.54) is 17.7 Å². The molecule has 1 saturated carbocycles. The summed E-state index contributed by atoms with van der Waals surface area (Å²) in [6.07, 6.45) is 6.71. The normalized spacial score (nSPS) is 31.8. The number of fused-ring (bicyclic) bond motifs is 3. The van der Waals surface area contributed by atoms with Crippen molar-refractivity contribution in [2.45, 2.75) is 38.1 Å². The van der Waals surface area contributed by atoms with Gasteiger partial charge in [-0.3, -0.25) is 0 Å². The second kappa shape index (κ2) is 5.99. The molecule has 5 rings (SSSR count). The molecule has 27 heavy (non-hydrogen) atoms. The van der Waals surface area contributed by atoms with Crippen LogP contribution in [0.4, 0.5) is 4.39 Å². The summed E-state index contributed by atoms with van der Waals surface area (Å²) < 4.78 is 33.0. The summed E-state index contributed by atoms with van der Waals surface area (Å²) >= 11 is 0. The van der Waals surface area contributed by atoms with Crippen molar-refractivity contribution in [2.24, 2.45) is 5.41 Å². The van der Waals surface area contributed by atoms with Gasteiger partial charge in [0, 0.05) is 18.9 Å². The molecule has 1 aliphatic heterocycles. The van der Waals surface area contributed by atoms with Gasteiger partial charge in [-0.15, -0.1) is 0 Å². The third-order valence-corrected chi connectivity index (χ3v) is 6.30. The van der Waals surface area contributed by atoms with E-state index in [0.29, 0.717) is 13.2 Å². The Morgan fingerprint density at radius 1 is 1.33 bits per heavy atom. The maximum absolute atomic E-state index is 13.3. The number of aromatic nitrogens is 2. The summed E-state index contributed by atoms with van der Waals surface area (Å²) in [7, 11) is 1.69. The van der Waals surface area contributed by atoms with E-state index in [4.69, 9.17) is 14.2 Å². The molecular formula is C21H23FN2O3. The van der Waals surface area contributed by atoms with Crippen LogP contribution in [-0.4, -0.2) is 42.0 Å². The average molecular weight is 370 g/mol. The highest BCUT2D eigenvalue weighted by Crippen LogP contribution is 2.59. The Hall–Kier alpha value is -2.02. The van der Waals surface area contributed by atoms with Gasteiger partial charge in [0.25, 0.3) is 0 Å². The number of nitrogens with zero attached hydrogens (tertiary/aromatic N) is 2. The van der Waals surface area contributed by atoms with E-state index >= 15 is 0 Å². The first-order valence-corrected chi connectivity index (χ1v) is 9.39. The minimum Gasteiger partial charge on any atom is -0.382 e. The topological polar surface area (TPSA) is 45.5 Å². The lowest BCUT2D eigenvalue weighted by molar-refractivity contribution is -0.220. The zero-order valence-electron chi connectivity index (χ0n) is 15.6. The van der Waals surface area contributed by atoms with Crippen molar-refractivity contribution in [3.05, 3.63) is 53.1 Å². The fourth-order valence-electron chi connectivity index (χ4n) is 4.84. The highest BCUT2D eigenvalue weighted by molar-refractivity contribution is 5.62. The molecule has 2 aliphatic carbocycles. The molecule has 5 nitrogen and oxygen atoms in total. The summed E-state index contributed by atoms with van der Waals surface area (Å²) in [6, 6.07) is 6.43. The van der Waals surface area contributed by atoms with Crippen molar-refractivity contribution in [1.29, 1.82) is 0 Å². The van der Waals surface area contributed by atoms with Crippen molar-refractivity contribution in [3.8, 4) is 5.69 Å². The van der Waals surface area contributed by atoms with Crippen LogP contribution in [0, 0.1) is 11.2 Å². The molecule has 2 fully saturated rings. The molecule has 3 unspecified atom stereocenters. The van der Waals surface area contributed by atoms with Gasteiger partial charge in [0.1, 0.15) is 11.9 Å². The summed E-state index contributed by atoms with van der Waals surface area (Å²) in [5, 5.41) is 4.56. The molecule has 0 radical (unpaired) electrons. The standard InChI is InChI=1S/C21H23FN2O3/c1-20-10-14-11-23-24(17-5-3-16(22)4-6-17)19(14)9-15(20)7-8-21(20)26-13-18(27-21)12-25-2/h3-6,9,11,18H,7-8,10,12-13H2,1-2H3. The van der Waals surface area contributed by atoms with Gasteiger partial charge in [0.05, 0.1) is 30.8 Å². The first-order valence-electron chi connectivity index (χ1n) is 9.39. The van der Waals surface area contributed by atoms with E-state index in [2.05, 4.69) is 18.1 Å². The molecule has 0 amide bonds. The van der Waals surface area contributed by atoms with Crippen molar-refractivity contribution >= 4 is 6.08 Å². The molecule has 0 bridgehead atoms. The number of methoxy groups -OCH3 is 1. The Labute approximate surface area is 157 Å². The molecule has 1 saturated heterocycles. The molecule has 1 aromatic carbocycles. The zero-order chi connectivity index (χ0) is 18.6. The number of rotatable bonds is 3. The van der Waals surface area contributed by atoms with Crippen molar-refractivity contribution in [1.82, 2.24) is 9.78 Å². The maximum Gasteiger partial charge on any atom is 0.178 e. The maximum atomic E-state index is 13.3. The van der Waals surface area contributed by atoms with Crippen LogP contribution in [0.5, 0.6) is 0 Å². The molecule has 0 N–H and O–H groups in total. The molecule has 2 aromatic rings. The first kappa shape index (κ1) is 17.1. The minimum atomic E-state index is -0.586. The fourth-order valence-corrected chi connectivity index (χ4v) is 4.84. The van der Waals surface area contributed by atoms with E-state index in [1.54, 1.807) is 19.2 Å².